The molecule has 0 spiro atoms. The van der Waals surface area contributed by atoms with E-state index in [0.29, 0.717) is 12.0 Å². The Bertz CT molecular complexity index is 552. The lowest BCUT2D eigenvalue weighted by molar-refractivity contribution is 0.405. The summed E-state index contributed by atoms with van der Waals surface area (Å²) in [7, 11) is 0. The number of pyridine rings is 1. The van der Waals surface area contributed by atoms with Crippen molar-refractivity contribution >= 4 is 0 Å². The van der Waals surface area contributed by atoms with Crippen molar-refractivity contribution in [3.8, 4) is 11.5 Å². The second-order valence-corrected chi connectivity index (χ2v) is 4.55. The quantitative estimate of drug-likeness (QED) is 0.911. The van der Waals surface area contributed by atoms with Crippen LogP contribution in [0.5, 0.6) is 11.5 Å². The molecule has 2 N–H and O–H groups in total. The first kappa shape index (κ1) is 14.4. The topological polar surface area (TPSA) is 48.1 Å². The number of ether oxygens (including phenoxy) is 1. The largest absolute Gasteiger partial charge is 0.450 e. The molecule has 1 unspecified atom stereocenters. The molecule has 0 saturated carbocycles. The summed E-state index contributed by atoms with van der Waals surface area (Å²) < 4.78 is 33.0. The normalized spacial score (nSPS) is 12.2. The Morgan fingerprint density at radius 1 is 1.30 bits per heavy atom. The highest BCUT2D eigenvalue weighted by molar-refractivity contribution is 5.35. The van der Waals surface area contributed by atoms with Gasteiger partial charge < -0.3 is 10.5 Å². The number of benzene rings is 1. The summed E-state index contributed by atoms with van der Waals surface area (Å²) in [4.78, 5) is 3.82. The number of hydrogen-bond acceptors (Lipinski definition) is 3. The van der Waals surface area contributed by atoms with Gasteiger partial charge in [0.05, 0.1) is 6.20 Å². The molecule has 0 aliphatic rings. The third-order valence-electron chi connectivity index (χ3n) is 2.93. The number of hydrogen-bond donors (Lipinski definition) is 1. The van der Waals surface area contributed by atoms with Gasteiger partial charge in [0.15, 0.2) is 17.4 Å². The summed E-state index contributed by atoms with van der Waals surface area (Å²) in [6.45, 7) is 1.93. The number of nitrogens with two attached hydrogens (primary N) is 1. The van der Waals surface area contributed by atoms with Crippen LogP contribution in [0.1, 0.15) is 18.9 Å². The SMILES string of the molecule is CCC(N)Cc1cc(F)c(Oc2cccnc2)c(F)c1. The molecule has 0 fully saturated rings. The third kappa shape index (κ3) is 3.51. The van der Waals surface area contributed by atoms with E-state index in [1.165, 1.54) is 18.3 Å². The van der Waals surface area contributed by atoms with Crippen LogP contribution in [0.25, 0.3) is 0 Å². The van der Waals surface area contributed by atoms with E-state index in [2.05, 4.69) is 4.98 Å². The van der Waals surface area contributed by atoms with E-state index < -0.39 is 17.4 Å². The predicted molar refractivity (Wildman–Crippen MR) is 72.6 cm³/mol. The molecule has 3 nitrogen and oxygen atoms in total. The molecule has 20 heavy (non-hydrogen) atoms. The minimum atomic E-state index is -0.743. The standard InChI is InChI=1S/C15H16F2N2O/c1-2-11(18)6-10-7-13(16)15(14(17)8-10)20-12-4-3-5-19-9-12/h3-5,7-9,11H,2,6,18H2,1H3. The molecular formula is C15H16F2N2O. The van der Waals surface area contributed by atoms with Gasteiger partial charge in [-0.05, 0) is 42.7 Å². The van der Waals surface area contributed by atoms with E-state index in [1.807, 2.05) is 6.92 Å². The molecule has 2 aromatic rings. The maximum Gasteiger partial charge on any atom is 0.198 e. The molecule has 1 aromatic heterocycles. The summed E-state index contributed by atoms with van der Waals surface area (Å²) >= 11 is 0. The van der Waals surface area contributed by atoms with Gasteiger partial charge in [0.2, 0.25) is 0 Å². The first-order valence-electron chi connectivity index (χ1n) is 6.41. The van der Waals surface area contributed by atoms with Crippen LogP contribution in [-0.2, 0) is 6.42 Å². The van der Waals surface area contributed by atoms with Crippen molar-refractivity contribution in [1.29, 1.82) is 0 Å². The first-order chi connectivity index (χ1) is 9.60. The first-order valence-corrected chi connectivity index (χ1v) is 6.41. The van der Waals surface area contributed by atoms with Crippen LogP contribution in [0.3, 0.4) is 0 Å². The fourth-order valence-electron chi connectivity index (χ4n) is 1.80. The Labute approximate surface area is 116 Å². The smallest absolute Gasteiger partial charge is 0.198 e. The summed E-state index contributed by atoms with van der Waals surface area (Å²) in [5, 5.41) is 0. The zero-order valence-electron chi connectivity index (χ0n) is 11.1. The van der Waals surface area contributed by atoms with Crippen molar-refractivity contribution in [2.45, 2.75) is 25.8 Å². The van der Waals surface area contributed by atoms with Gasteiger partial charge in [0, 0.05) is 12.2 Å². The third-order valence-corrected chi connectivity index (χ3v) is 2.93. The van der Waals surface area contributed by atoms with Crippen LogP contribution in [0, 0.1) is 11.6 Å². The molecule has 0 saturated heterocycles. The van der Waals surface area contributed by atoms with Crippen LogP contribution in [-0.4, -0.2) is 11.0 Å². The Balaban J connectivity index is 2.23. The summed E-state index contributed by atoms with van der Waals surface area (Å²) in [6.07, 6.45) is 4.11. The maximum absolute atomic E-state index is 13.9. The molecule has 106 valence electrons. The number of halogens is 2. The highest BCUT2D eigenvalue weighted by Crippen LogP contribution is 2.28. The van der Waals surface area contributed by atoms with E-state index in [-0.39, 0.29) is 11.8 Å². The van der Waals surface area contributed by atoms with Crippen LogP contribution < -0.4 is 10.5 Å². The molecule has 2 rings (SSSR count). The molecule has 0 amide bonds. The molecular weight excluding hydrogens is 262 g/mol. The van der Waals surface area contributed by atoms with Crippen molar-refractivity contribution in [2.75, 3.05) is 0 Å². The van der Waals surface area contributed by atoms with Gasteiger partial charge in [-0.3, -0.25) is 4.98 Å². The molecule has 0 bridgehead atoms. The van der Waals surface area contributed by atoms with Crippen molar-refractivity contribution in [1.82, 2.24) is 4.98 Å². The van der Waals surface area contributed by atoms with Gasteiger partial charge in [-0.1, -0.05) is 6.92 Å². The Morgan fingerprint density at radius 3 is 2.55 bits per heavy atom. The van der Waals surface area contributed by atoms with E-state index >= 15 is 0 Å². The summed E-state index contributed by atoms with van der Waals surface area (Å²) in [5.74, 6) is -1.63. The molecule has 0 aliphatic carbocycles. The van der Waals surface area contributed by atoms with Gasteiger partial charge in [-0.25, -0.2) is 8.78 Å². The second kappa shape index (κ2) is 6.43. The molecule has 1 heterocycles. The van der Waals surface area contributed by atoms with Gasteiger partial charge >= 0.3 is 0 Å². The highest BCUT2D eigenvalue weighted by atomic mass is 19.1. The zero-order valence-corrected chi connectivity index (χ0v) is 11.1. The average molecular weight is 278 g/mol. The molecule has 0 aliphatic heterocycles. The fourth-order valence-corrected chi connectivity index (χ4v) is 1.80. The zero-order chi connectivity index (χ0) is 14.5. The van der Waals surface area contributed by atoms with E-state index in [0.717, 1.165) is 6.42 Å². The fraction of sp³-hybridized carbons (Fsp3) is 0.267. The van der Waals surface area contributed by atoms with E-state index in [9.17, 15) is 8.78 Å². The number of rotatable bonds is 5. The minimum Gasteiger partial charge on any atom is -0.450 e. The molecule has 0 radical (unpaired) electrons. The van der Waals surface area contributed by atoms with Crippen LogP contribution in [0.4, 0.5) is 8.78 Å². The minimum absolute atomic E-state index is 0.112. The van der Waals surface area contributed by atoms with Crippen LogP contribution in [0.2, 0.25) is 0 Å². The monoisotopic (exact) mass is 278 g/mol. The van der Waals surface area contributed by atoms with E-state index in [1.54, 1.807) is 18.3 Å². The number of nitrogens with zero attached hydrogens (tertiary/aromatic N) is 1. The van der Waals surface area contributed by atoms with Crippen LogP contribution >= 0.6 is 0 Å². The summed E-state index contributed by atoms with van der Waals surface area (Å²) in [5.41, 5.74) is 6.30. The molecule has 5 heteroatoms. The van der Waals surface area contributed by atoms with Gasteiger partial charge in [0.1, 0.15) is 5.75 Å². The van der Waals surface area contributed by atoms with Gasteiger partial charge in [-0.15, -0.1) is 0 Å². The lowest BCUT2D eigenvalue weighted by atomic mass is 10.0. The lowest BCUT2D eigenvalue weighted by Crippen LogP contribution is -2.21. The highest BCUT2D eigenvalue weighted by Gasteiger charge is 2.15. The maximum atomic E-state index is 13.9. The molecule has 1 aromatic carbocycles. The van der Waals surface area contributed by atoms with Crippen molar-refractivity contribution in [3.63, 3.8) is 0 Å². The second-order valence-electron chi connectivity index (χ2n) is 4.55. The van der Waals surface area contributed by atoms with Gasteiger partial charge in [-0.2, -0.15) is 0 Å². The lowest BCUT2D eigenvalue weighted by Gasteiger charge is -2.12. The van der Waals surface area contributed by atoms with Crippen molar-refractivity contribution in [2.24, 2.45) is 5.73 Å². The van der Waals surface area contributed by atoms with Crippen molar-refractivity contribution < 1.29 is 13.5 Å². The Morgan fingerprint density at radius 2 is 2.00 bits per heavy atom. The molecule has 1 atom stereocenters. The van der Waals surface area contributed by atoms with Crippen molar-refractivity contribution in [3.05, 3.63) is 53.9 Å². The predicted octanol–water partition coefficient (Wildman–Crippen LogP) is 3.43. The van der Waals surface area contributed by atoms with Crippen LogP contribution in [0.15, 0.2) is 36.7 Å². The average Bonchev–Trinajstić information content (AvgIpc) is 2.44. The summed E-state index contributed by atoms with van der Waals surface area (Å²) in [6, 6.07) is 5.60. The number of aromatic nitrogens is 1. The Hall–Kier alpha value is -2.01. The van der Waals surface area contributed by atoms with E-state index in [4.69, 9.17) is 10.5 Å². The Kier molecular flexibility index (Phi) is 4.63. The van der Waals surface area contributed by atoms with Gasteiger partial charge in [0.25, 0.3) is 0 Å².